The van der Waals surface area contributed by atoms with Gasteiger partial charge in [-0.25, -0.2) is 0 Å². The zero-order valence-corrected chi connectivity index (χ0v) is 12.5. The van der Waals surface area contributed by atoms with E-state index in [1.54, 1.807) is 0 Å². The van der Waals surface area contributed by atoms with E-state index in [-0.39, 0.29) is 0 Å². The van der Waals surface area contributed by atoms with Crippen LogP contribution < -0.4 is 5.32 Å². The molecule has 2 atom stereocenters. The summed E-state index contributed by atoms with van der Waals surface area (Å²) in [5.41, 5.74) is 2.81. The summed E-state index contributed by atoms with van der Waals surface area (Å²) in [6.45, 7) is 5.43. The van der Waals surface area contributed by atoms with Crippen LogP contribution in [0.1, 0.15) is 62.6 Å². The Hall–Kier alpha value is -0.860. The molecule has 1 N–H and O–H groups in total. The second kappa shape index (κ2) is 7.06. The van der Waals surface area contributed by atoms with Crippen molar-refractivity contribution in [1.82, 2.24) is 5.32 Å². The van der Waals surface area contributed by atoms with Gasteiger partial charge >= 0.3 is 0 Å². The van der Waals surface area contributed by atoms with E-state index in [1.165, 1.54) is 24.0 Å². The predicted molar refractivity (Wildman–Crippen MR) is 80.5 cm³/mol. The molecule has 2 heteroatoms. The Kier molecular flexibility index (Phi) is 5.41. The monoisotopic (exact) mass is 261 g/mol. The predicted octanol–water partition coefficient (Wildman–Crippen LogP) is 4.03. The molecule has 106 valence electrons. The molecule has 19 heavy (non-hydrogen) atoms. The van der Waals surface area contributed by atoms with E-state index in [0.717, 1.165) is 19.4 Å². The largest absolute Gasteiger partial charge is 0.378 e. The highest BCUT2D eigenvalue weighted by Crippen LogP contribution is 2.25. The number of hydrogen-bond acceptors (Lipinski definition) is 2. The molecule has 0 bridgehead atoms. The van der Waals surface area contributed by atoms with Gasteiger partial charge in [0.05, 0.1) is 6.10 Å². The summed E-state index contributed by atoms with van der Waals surface area (Å²) in [5.74, 6) is 0.606. The highest BCUT2D eigenvalue weighted by atomic mass is 16.5. The third-order valence-electron chi connectivity index (χ3n) is 4.16. The van der Waals surface area contributed by atoms with Gasteiger partial charge in [0.1, 0.15) is 0 Å². The van der Waals surface area contributed by atoms with E-state index in [9.17, 15) is 0 Å². The van der Waals surface area contributed by atoms with Crippen molar-refractivity contribution < 1.29 is 4.74 Å². The van der Waals surface area contributed by atoms with Gasteiger partial charge in [-0.1, -0.05) is 38.1 Å². The third kappa shape index (κ3) is 4.05. The quantitative estimate of drug-likeness (QED) is 0.834. The Bertz CT molecular complexity index is 365. The van der Waals surface area contributed by atoms with E-state index in [4.69, 9.17) is 4.74 Å². The highest BCUT2D eigenvalue weighted by Gasteiger charge is 2.18. The van der Waals surface area contributed by atoms with Crippen molar-refractivity contribution in [3.05, 3.63) is 35.4 Å². The average molecular weight is 261 g/mol. The van der Waals surface area contributed by atoms with Crippen molar-refractivity contribution in [1.29, 1.82) is 0 Å². The van der Waals surface area contributed by atoms with Gasteiger partial charge in [-0.15, -0.1) is 0 Å². The normalized spacial score (nSPS) is 20.9. The van der Waals surface area contributed by atoms with Crippen molar-refractivity contribution in [3.8, 4) is 0 Å². The Balaban J connectivity index is 1.92. The minimum absolute atomic E-state index is 0.449. The van der Waals surface area contributed by atoms with Gasteiger partial charge < -0.3 is 10.1 Å². The van der Waals surface area contributed by atoms with Gasteiger partial charge in [0.15, 0.2) is 0 Å². The van der Waals surface area contributed by atoms with Crippen LogP contribution in [0.15, 0.2) is 24.3 Å². The van der Waals surface area contributed by atoms with Crippen LogP contribution in [0.5, 0.6) is 0 Å². The minimum atomic E-state index is 0.449. The molecule has 2 rings (SSSR count). The average Bonchev–Trinajstić information content (AvgIpc) is 2.93. The van der Waals surface area contributed by atoms with Crippen LogP contribution in [0, 0.1) is 0 Å². The van der Waals surface area contributed by atoms with E-state index in [0.29, 0.717) is 18.1 Å². The summed E-state index contributed by atoms with van der Waals surface area (Å²) in [7, 11) is 2.05. The molecule has 1 aliphatic heterocycles. The van der Waals surface area contributed by atoms with Crippen LogP contribution in [0.4, 0.5) is 0 Å². The van der Waals surface area contributed by atoms with Crippen LogP contribution in [0.2, 0.25) is 0 Å². The van der Waals surface area contributed by atoms with Gasteiger partial charge in [0.2, 0.25) is 0 Å². The van der Waals surface area contributed by atoms with Gasteiger partial charge in [0, 0.05) is 12.6 Å². The minimum Gasteiger partial charge on any atom is -0.378 e. The first-order valence-corrected chi connectivity index (χ1v) is 7.59. The van der Waals surface area contributed by atoms with Crippen molar-refractivity contribution in [3.63, 3.8) is 0 Å². The Labute approximate surface area is 117 Å². The second-order valence-corrected chi connectivity index (χ2v) is 5.88. The summed E-state index contributed by atoms with van der Waals surface area (Å²) in [6, 6.07) is 9.51. The number of nitrogens with one attached hydrogen (secondary N) is 1. The van der Waals surface area contributed by atoms with Crippen molar-refractivity contribution in [2.75, 3.05) is 13.7 Å². The van der Waals surface area contributed by atoms with Gasteiger partial charge in [-0.2, -0.15) is 0 Å². The number of benzene rings is 1. The SMILES string of the molecule is CNC(CCC1CCCO1)c1ccc(C(C)C)cc1. The zero-order chi connectivity index (χ0) is 13.7. The highest BCUT2D eigenvalue weighted by molar-refractivity contribution is 5.26. The molecule has 1 heterocycles. The van der Waals surface area contributed by atoms with Gasteiger partial charge in [-0.3, -0.25) is 0 Å². The molecule has 1 aliphatic rings. The first-order chi connectivity index (χ1) is 9.20. The fraction of sp³-hybridized carbons (Fsp3) is 0.647. The molecule has 0 radical (unpaired) electrons. The molecule has 1 saturated heterocycles. The zero-order valence-electron chi connectivity index (χ0n) is 12.5. The molecule has 0 spiro atoms. The summed E-state index contributed by atoms with van der Waals surface area (Å²) < 4.78 is 5.71. The van der Waals surface area contributed by atoms with Gasteiger partial charge in [0.25, 0.3) is 0 Å². The third-order valence-corrected chi connectivity index (χ3v) is 4.16. The molecule has 0 aromatic heterocycles. The topological polar surface area (TPSA) is 21.3 Å². The standard InChI is InChI=1S/C17H27NO/c1-13(2)14-6-8-15(9-7-14)17(18-3)11-10-16-5-4-12-19-16/h6-9,13,16-18H,4-5,10-12H2,1-3H3. The molecular formula is C17H27NO. The first-order valence-electron chi connectivity index (χ1n) is 7.59. The van der Waals surface area contributed by atoms with Crippen LogP contribution in [-0.4, -0.2) is 19.8 Å². The Morgan fingerprint density at radius 1 is 1.21 bits per heavy atom. The molecule has 0 amide bonds. The van der Waals surface area contributed by atoms with E-state index >= 15 is 0 Å². The fourth-order valence-electron chi connectivity index (χ4n) is 2.82. The van der Waals surface area contributed by atoms with Crippen molar-refractivity contribution in [2.45, 2.75) is 57.6 Å². The Morgan fingerprint density at radius 3 is 2.42 bits per heavy atom. The summed E-state index contributed by atoms with van der Waals surface area (Å²) >= 11 is 0. The van der Waals surface area contributed by atoms with E-state index in [2.05, 4.69) is 50.5 Å². The molecule has 1 aromatic rings. The van der Waals surface area contributed by atoms with Crippen LogP contribution >= 0.6 is 0 Å². The van der Waals surface area contributed by atoms with E-state index in [1.807, 2.05) is 0 Å². The number of hydrogen-bond donors (Lipinski definition) is 1. The molecule has 0 aliphatic carbocycles. The molecule has 0 saturated carbocycles. The lowest BCUT2D eigenvalue weighted by atomic mass is 9.96. The molecule has 1 aromatic carbocycles. The lowest BCUT2D eigenvalue weighted by molar-refractivity contribution is 0.0998. The van der Waals surface area contributed by atoms with Gasteiger partial charge in [-0.05, 0) is 49.8 Å². The lowest BCUT2D eigenvalue weighted by Gasteiger charge is -2.19. The van der Waals surface area contributed by atoms with Crippen LogP contribution in [0.25, 0.3) is 0 Å². The second-order valence-electron chi connectivity index (χ2n) is 5.88. The van der Waals surface area contributed by atoms with Crippen molar-refractivity contribution in [2.24, 2.45) is 0 Å². The lowest BCUT2D eigenvalue weighted by Crippen LogP contribution is -2.18. The maximum Gasteiger partial charge on any atom is 0.0576 e. The molecular weight excluding hydrogens is 234 g/mol. The van der Waals surface area contributed by atoms with E-state index < -0.39 is 0 Å². The van der Waals surface area contributed by atoms with Crippen molar-refractivity contribution >= 4 is 0 Å². The van der Waals surface area contributed by atoms with Crippen LogP contribution in [-0.2, 0) is 4.74 Å². The molecule has 2 unspecified atom stereocenters. The first kappa shape index (κ1) is 14.5. The maximum absolute atomic E-state index is 5.71. The van der Waals surface area contributed by atoms with Crippen LogP contribution in [0.3, 0.4) is 0 Å². The maximum atomic E-state index is 5.71. The smallest absolute Gasteiger partial charge is 0.0576 e. The Morgan fingerprint density at radius 2 is 1.89 bits per heavy atom. The molecule has 1 fully saturated rings. The number of ether oxygens (including phenoxy) is 1. The summed E-state index contributed by atoms with van der Waals surface area (Å²) in [6.07, 6.45) is 5.28. The summed E-state index contributed by atoms with van der Waals surface area (Å²) in [5, 5.41) is 3.44. The fourth-order valence-corrected chi connectivity index (χ4v) is 2.82. The number of rotatable bonds is 6. The summed E-state index contributed by atoms with van der Waals surface area (Å²) in [4.78, 5) is 0. The molecule has 2 nitrogen and oxygen atoms in total.